The van der Waals surface area contributed by atoms with Crippen molar-refractivity contribution < 1.29 is 23.9 Å². The van der Waals surface area contributed by atoms with Crippen LogP contribution in [-0.2, 0) is 23.9 Å². The molecule has 0 aliphatic heterocycles. The van der Waals surface area contributed by atoms with Crippen LogP contribution < -0.4 is 0 Å². The summed E-state index contributed by atoms with van der Waals surface area (Å²) >= 11 is 5.67. The van der Waals surface area contributed by atoms with Crippen molar-refractivity contribution in [3.63, 3.8) is 0 Å². The Kier molecular flexibility index (Phi) is 8.00. The molecular weight excluding hydrogens is 350 g/mol. The van der Waals surface area contributed by atoms with Crippen LogP contribution in [0.15, 0.2) is 0 Å². The van der Waals surface area contributed by atoms with Crippen LogP contribution >= 0.6 is 31.9 Å². The molecular formula is C8H9Br2NO5. The van der Waals surface area contributed by atoms with E-state index in [2.05, 4.69) is 41.3 Å². The zero-order valence-electron chi connectivity index (χ0n) is 8.13. The fourth-order valence-electron chi connectivity index (χ4n) is 0.637. The Labute approximate surface area is 108 Å². The van der Waals surface area contributed by atoms with Gasteiger partial charge in [-0.1, -0.05) is 31.9 Å². The molecule has 0 heterocycles. The summed E-state index contributed by atoms with van der Waals surface area (Å²) in [5.74, 6) is -2.42. The number of carbonyl (C=O) groups is 3. The molecule has 0 fully saturated rings. The second kappa shape index (κ2) is 8.40. The van der Waals surface area contributed by atoms with E-state index >= 15 is 0 Å². The third kappa shape index (κ3) is 7.52. The third-order valence-electron chi connectivity index (χ3n) is 1.24. The van der Waals surface area contributed by atoms with Crippen molar-refractivity contribution in [1.82, 2.24) is 0 Å². The summed E-state index contributed by atoms with van der Waals surface area (Å²) in [4.78, 5) is 32.3. The third-order valence-corrected chi connectivity index (χ3v) is 2.15. The number of halogens is 2. The van der Waals surface area contributed by atoms with Crippen LogP contribution in [0.5, 0.6) is 0 Å². The van der Waals surface area contributed by atoms with E-state index in [0.717, 1.165) is 0 Å². The molecule has 0 aliphatic carbocycles. The van der Waals surface area contributed by atoms with Crippen LogP contribution in [0, 0.1) is 5.41 Å². The normalized spacial score (nSPS) is 9.38. The Morgan fingerprint density at radius 3 is 1.88 bits per heavy atom. The highest BCUT2D eigenvalue weighted by atomic mass is 79.9. The number of ether oxygens (including phenoxy) is 2. The van der Waals surface area contributed by atoms with Gasteiger partial charge in [-0.05, 0) is 0 Å². The maximum atomic E-state index is 11.0. The maximum absolute atomic E-state index is 11.0. The highest BCUT2D eigenvalue weighted by Crippen LogP contribution is 1.99. The van der Waals surface area contributed by atoms with Gasteiger partial charge < -0.3 is 9.47 Å². The summed E-state index contributed by atoms with van der Waals surface area (Å²) in [6, 6.07) is 0. The average Bonchev–Trinajstić information content (AvgIpc) is 2.26. The predicted octanol–water partition coefficient (Wildman–Crippen LogP) is 1.15. The number of rotatable bonds is 5. The highest BCUT2D eigenvalue weighted by molar-refractivity contribution is 9.09. The Morgan fingerprint density at radius 2 is 1.38 bits per heavy atom. The molecule has 0 saturated heterocycles. The topological polar surface area (TPSA) is 93.5 Å². The first-order chi connectivity index (χ1) is 7.49. The molecule has 0 rings (SSSR count). The number of nitrogens with one attached hydrogen (secondary N) is 1. The van der Waals surface area contributed by atoms with Gasteiger partial charge >= 0.3 is 17.9 Å². The molecule has 1 N–H and O–H groups in total. The lowest BCUT2D eigenvalue weighted by Crippen LogP contribution is -2.17. The summed E-state index contributed by atoms with van der Waals surface area (Å²) in [6.07, 6.45) is -0.278. The molecule has 0 unspecified atom stereocenters. The van der Waals surface area contributed by atoms with Gasteiger partial charge in [-0.15, -0.1) is 0 Å². The number of hydrogen-bond acceptors (Lipinski definition) is 6. The Balaban J connectivity index is 3.79. The molecule has 0 saturated carbocycles. The number of hydrogen-bond donors (Lipinski definition) is 1. The van der Waals surface area contributed by atoms with Crippen LogP contribution in [0.1, 0.15) is 12.8 Å². The molecule has 0 radical (unpaired) electrons. The molecule has 16 heavy (non-hydrogen) atoms. The van der Waals surface area contributed by atoms with Crippen molar-refractivity contribution in [3.8, 4) is 0 Å². The van der Waals surface area contributed by atoms with E-state index in [1.807, 2.05) is 0 Å². The minimum Gasteiger partial charge on any atom is -0.412 e. The minimum absolute atomic E-state index is 0.0259. The molecule has 0 amide bonds. The van der Waals surface area contributed by atoms with E-state index in [0.29, 0.717) is 0 Å². The predicted molar refractivity (Wildman–Crippen MR) is 61.7 cm³/mol. The first-order valence-corrected chi connectivity index (χ1v) is 6.37. The van der Waals surface area contributed by atoms with E-state index in [1.165, 1.54) is 0 Å². The van der Waals surface area contributed by atoms with Crippen LogP contribution in [0.25, 0.3) is 0 Å². The number of carbonyl (C=O) groups excluding carboxylic acids is 3. The molecule has 90 valence electrons. The summed E-state index contributed by atoms with van der Waals surface area (Å²) in [7, 11) is 0. The average molecular weight is 359 g/mol. The van der Waals surface area contributed by atoms with Crippen molar-refractivity contribution in [2.75, 3.05) is 10.7 Å². The monoisotopic (exact) mass is 357 g/mol. The SMILES string of the molecule is N=C(CCC(=O)OC(=O)CBr)OC(=O)CBr. The van der Waals surface area contributed by atoms with Crippen LogP contribution in [0.2, 0.25) is 0 Å². The lowest BCUT2D eigenvalue weighted by atomic mass is 10.3. The zero-order chi connectivity index (χ0) is 12.6. The largest absolute Gasteiger partial charge is 0.412 e. The first-order valence-electron chi connectivity index (χ1n) is 4.13. The standard InChI is InChI=1S/C8H9Br2NO5/c9-3-7(13)15-5(11)1-2-6(12)16-8(14)4-10/h11H,1-4H2. The van der Waals surface area contributed by atoms with Gasteiger partial charge in [0.25, 0.3) is 0 Å². The fraction of sp³-hybridized carbons (Fsp3) is 0.500. The molecule has 0 aromatic rings. The Morgan fingerprint density at radius 1 is 0.875 bits per heavy atom. The maximum Gasteiger partial charge on any atom is 0.324 e. The zero-order valence-corrected chi connectivity index (χ0v) is 11.3. The second-order valence-corrected chi connectivity index (χ2v) is 3.63. The van der Waals surface area contributed by atoms with Crippen molar-refractivity contribution in [3.05, 3.63) is 0 Å². The van der Waals surface area contributed by atoms with Crippen molar-refractivity contribution in [2.24, 2.45) is 0 Å². The van der Waals surface area contributed by atoms with Gasteiger partial charge in [-0.2, -0.15) is 0 Å². The van der Waals surface area contributed by atoms with Crippen LogP contribution in [0.4, 0.5) is 0 Å². The van der Waals surface area contributed by atoms with Gasteiger partial charge in [-0.3, -0.25) is 19.8 Å². The minimum atomic E-state index is -0.760. The molecule has 0 atom stereocenters. The molecule has 6 nitrogen and oxygen atoms in total. The lowest BCUT2D eigenvalue weighted by Gasteiger charge is -2.03. The summed E-state index contributed by atoms with van der Waals surface area (Å²) in [5, 5.41) is 7.08. The van der Waals surface area contributed by atoms with Gasteiger partial charge in [0, 0.05) is 6.42 Å². The molecule has 0 bridgehead atoms. The summed E-state index contributed by atoms with van der Waals surface area (Å²) in [5.41, 5.74) is 0. The molecule has 0 spiro atoms. The summed E-state index contributed by atoms with van der Waals surface area (Å²) < 4.78 is 8.79. The highest BCUT2D eigenvalue weighted by Gasteiger charge is 2.12. The van der Waals surface area contributed by atoms with E-state index < -0.39 is 17.9 Å². The molecule has 8 heteroatoms. The summed E-state index contributed by atoms with van der Waals surface area (Å²) in [6.45, 7) is 0. The molecule has 0 aromatic heterocycles. The van der Waals surface area contributed by atoms with Crippen LogP contribution in [-0.4, -0.2) is 34.5 Å². The first kappa shape index (κ1) is 15.2. The Bertz CT molecular complexity index is 275. The van der Waals surface area contributed by atoms with Gasteiger partial charge in [0.15, 0.2) is 5.90 Å². The van der Waals surface area contributed by atoms with E-state index in [4.69, 9.17) is 5.41 Å². The second-order valence-electron chi connectivity index (χ2n) is 2.51. The molecule has 0 aromatic carbocycles. The van der Waals surface area contributed by atoms with Crippen molar-refractivity contribution >= 4 is 55.7 Å². The van der Waals surface area contributed by atoms with Gasteiger partial charge in [0.1, 0.15) is 10.7 Å². The Hall–Kier alpha value is -0.760. The van der Waals surface area contributed by atoms with E-state index in [-0.39, 0.29) is 29.4 Å². The smallest absolute Gasteiger partial charge is 0.324 e. The van der Waals surface area contributed by atoms with Gasteiger partial charge in [0.2, 0.25) is 0 Å². The molecule has 0 aliphatic rings. The number of alkyl halides is 2. The lowest BCUT2D eigenvalue weighted by molar-refractivity contribution is -0.157. The van der Waals surface area contributed by atoms with E-state index in [9.17, 15) is 14.4 Å². The number of esters is 3. The van der Waals surface area contributed by atoms with Gasteiger partial charge in [0.05, 0.1) is 6.42 Å². The van der Waals surface area contributed by atoms with Crippen molar-refractivity contribution in [1.29, 1.82) is 5.41 Å². The van der Waals surface area contributed by atoms with E-state index in [1.54, 1.807) is 0 Å². The fourth-order valence-corrected chi connectivity index (χ4v) is 0.866. The van der Waals surface area contributed by atoms with Crippen LogP contribution in [0.3, 0.4) is 0 Å². The quantitative estimate of drug-likeness (QED) is 0.261. The van der Waals surface area contributed by atoms with Gasteiger partial charge in [-0.25, -0.2) is 0 Å². The van der Waals surface area contributed by atoms with Crippen molar-refractivity contribution in [2.45, 2.75) is 12.8 Å².